The zero-order valence-corrected chi connectivity index (χ0v) is 15.9. The molecular formula is C21H25N5O. The molecule has 0 fully saturated rings. The molecule has 6 nitrogen and oxygen atoms in total. The third kappa shape index (κ3) is 4.61. The van der Waals surface area contributed by atoms with E-state index < -0.39 is 0 Å². The van der Waals surface area contributed by atoms with Crippen LogP contribution >= 0.6 is 0 Å². The lowest BCUT2D eigenvalue weighted by atomic mass is 10.1. The summed E-state index contributed by atoms with van der Waals surface area (Å²) in [5, 5.41) is 6.00. The van der Waals surface area contributed by atoms with E-state index in [0.29, 0.717) is 11.4 Å². The fourth-order valence-corrected chi connectivity index (χ4v) is 2.79. The number of amides is 1. The number of nitrogens with zero attached hydrogens (tertiary/aromatic N) is 2. The molecule has 1 aromatic heterocycles. The Morgan fingerprint density at radius 2 is 1.74 bits per heavy atom. The first-order chi connectivity index (χ1) is 13.1. The average molecular weight is 363 g/mol. The van der Waals surface area contributed by atoms with Crippen LogP contribution in [0.25, 0.3) is 10.9 Å². The summed E-state index contributed by atoms with van der Waals surface area (Å²) in [6.07, 6.45) is 0. The minimum absolute atomic E-state index is 0.201. The van der Waals surface area contributed by atoms with E-state index in [1.165, 1.54) is 5.56 Å². The summed E-state index contributed by atoms with van der Waals surface area (Å²) >= 11 is 0. The molecule has 0 aliphatic carbocycles. The van der Waals surface area contributed by atoms with Gasteiger partial charge in [0, 0.05) is 24.2 Å². The van der Waals surface area contributed by atoms with Gasteiger partial charge in [-0.2, -0.15) is 5.53 Å². The summed E-state index contributed by atoms with van der Waals surface area (Å²) in [7, 11) is 0. The Bertz CT molecular complexity index is 920. The molecular weight excluding hydrogens is 338 g/mol. The molecule has 0 saturated carbocycles. The van der Waals surface area contributed by atoms with Crippen molar-refractivity contribution >= 4 is 28.3 Å². The van der Waals surface area contributed by atoms with Crippen LogP contribution in [-0.2, 0) is 0 Å². The van der Waals surface area contributed by atoms with Crippen LogP contribution in [0.1, 0.15) is 29.8 Å². The van der Waals surface area contributed by atoms with Gasteiger partial charge in [0.2, 0.25) is 0 Å². The Morgan fingerprint density at radius 3 is 2.44 bits per heavy atom. The van der Waals surface area contributed by atoms with Crippen molar-refractivity contribution in [1.29, 1.82) is 0 Å². The van der Waals surface area contributed by atoms with Gasteiger partial charge >= 0.3 is 0 Å². The van der Waals surface area contributed by atoms with Crippen molar-refractivity contribution in [1.82, 2.24) is 21.0 Å². The van der Waals surface area contributed by atoms with E-state index in [9.17, 15) is 4.79 Å². The number of aromatic nitrogens is 1. The maximum Gasteiger partial charge on any atom is 0.267 e. The Morgan fingerprint density at radius 1 is 1.04 bits per heavy atom. The number of hydrazine groups is 2. The highest BCUT2D eigenvalue weighted by Gasteiger charge is 2.13. The summed E-state index contributed by atoms with van der Waals surface area (Å²) in [6.45, 7) is 7.66. The maximum absolute atomic E-state index is 12.8. The van der Waals surface area contributed by atoms with Crippen molar-refractivity contribution in [3.63, 3.8) is 0 Å². The van der Waals surface area contributed by atoms with Crippen LogP contribution in [-0.4, -0.2) is 29.0 Å². The lowest BCUT2D eigenvalue weighted by Crippen LogP contribution is -2.49. The second-order valence-corrected chi connectivity index (χ2v) is 6.30. The molecule has 0 aliphatic heterocycles. The van der Waals surface area contributed by atoms with Gasteiger partial charge in [-0.1, -0.05) is 49.7 Å². The Labute approximate surface area is 159 Å². The number of fused-ring (bicyclic) bond motifs is 1. The number of pyridine rings is 1. The van der Waals surface area contributed by atoms with E-state index in [4.69, 9.17) is 0 Å². The van der Waals surface area contributed by atoms with Crippen molar-refractivity contribution in [2.45, 2.75) is 20.8 Å². The number of para-hydroxylation sites is 1. The van der Waals surface area contributed by atoms with E-state index in [0.717, 1.165) is 29.7 Å². The quantitative estimate of drug-likeness (QED) is 0.558. The van der Waals surface area contributed by atoms with Crippen LogP contribution < -0.4 is 16.3 Å². The highest BCUT2D eigenvalue weighted by molar-refractivity contribution is 6.06. The van der Waals surface area contributed by atoms with Crippen LogP contribution in [0.5, 0.6) is 0 Å². The van der Waals surface area contributed by atoms with E-state index in [1.807, 2.05) is 74.3 Å². The molecule has 3 aromatic rings. The number of nitrogens with one attached hydrogen (secondary N) is 3. The zero-order valence-electron chi connectivity index (χ0n) is 15.9. The van der Waals surface area contributed by atoms with E-state index in [-0.39, 0.29) is 5.91 Å². The first-order valence-electron chi connectivity index (χ1n) is 9.15. The number of anilines is 2. The maximum atomic E-state index is 12.8. The molecule has 0 spiro atoms. The van der Waals surface area contributed by atoms with Gasteiger partial charge in [0.15, 0.2) is 0 Å². The third-order valence-corrected chi connectivity index (χ3v) is 4.38. The van der Waals surface area contributed by atoms with Gasteiger partial charge in [0.25, 0.3) is 5.91 Å². The van der Waals surface area contributed by atoms with Crippen molar-refractivity contribution in [3.05, 3.63) is 65.7 Å². The molecule has 3 rings (SSSR count). The van der Waals surface area contributed by atoms with Crippen LogP contribution in [0.15, 0.2) is 54.6 Å². The monoisotopic (exact) mass is 363 g/mol. The fraction of sp³-hybridized carbons (Fsp3) is 0.238. The molecule has 3 N–H and O–H groups in total. The van der Waals surface area contributed by atoms with Crippen LogP contribution in [0.2, 0.25) is 0 Å². The predicted octanol–water partition coefficient (Wildman–Crippen LogP) is 3.78. The molecule has 0 unspecified atom stereocenters. The normalized spacial score (nSPS) is 11.0. The minimum Gasteiger partial charge on any atom is -0.340 e. The average Bonchev–Trinajstić information content (AvgIpc) is 2.69. The van der Waals surface area contributed by atoms with Crippen molar-refractivity contribution in [2.75, 3.05) is 18.4 Å². The molecule has 27 heavy (non-hydrogen) atoms. The lowest BCUT2D eigenvalue weighted by molar-refractivity contribution is 0.0837. The summed E-state index contributed by atoms with van der Waals surface area (Å²) in [5.41, 5.74) is 9.17. The van der Waals surface area contributed by atoms with Gasteiger partial charge in [-0.3, -0.25) is 10.2 Å². The second kappa shape index (κ2) is 8.62. The number of aryl methyl sites for hydroxylation is 1. The minimum atomic E-state index is -0.201. The van der Waals surface area contributed by atoms with Gasteiger partial charge in [-0.05, 0) is 31.2 Å². The van der Waals surface area contributed by atoms with Gasteiger partial charge in [0.05, 0.1) is 11.1 Å². The van der Waals surface area contributed by atoms with Crippen molar-refractivity contribution in [3.8, 4) is 0 Å². The van der Waals surface area contributed by atoms with Crippen molar-refractivity contribution < 1.29 is 4.79 Å². The van der Waals surface area contributed by atoms with E-state index in [1.54, 1.807) is 6.07 Å². The zero-order chi connectivity index (χ0) is 19.2. The molecule has 0 saturated heterocycles. The standard InChI is InChI=1S/C21H25N5O/c1-4-26(5-2)25-24-21(27)18-14-20(22-16-12-10-15(3)11-13-16)23-19-9-7-6-8-17(18)19/h6-14,25H,4-5H2,1-3H3,(H,22,23)(H,24,27). The molecule has 0 radical (unpaired) electrons. The number of hydrogen-bond acceptors (Lipinski definition) is 5. The molecule has 0 aliphatic rings. The first kappa shape index (κ1) is 18.8. The Balaban J connectivity index is 1.90. The van der Waals surface area contributed by atoms with Gasteiger partial charge < -0.3 is 5.32 Å². The molecule has 2 aromatic carbocycles. The molecule has 6 heteroatoms. The number of rotatable bonds is 7. The van der Waals surface area contributed by atoms with Gasteiger partial charge in [0.1, 0.15) is 5.82 Å². The summed E-state index contributed by atoms with van der Waals surface area (Å²) in [5.74, 6) is 0.429. The first-order valence-corrected chi connectivity index (χ1v) is 9.15. The van der Waals surface area contributed by atoms with Gasteiger partial charge in [-0.25, -0.2) is 9.99 Å². The summed E-state index contributed by atoms with van der Waals surface area (Å²) in [4.78, 5) is 17.4. The smallest absolute Gasteiger partial charge is 0.267 e. The van der Waals surface area contributed by atoms with E-state index >= 15 is 0 Å². The number of benzene rings is 2. The topological polar surface area (TPSA) is 69.3 Å². The molecule has 140 valence electrons. The molecule has 0 bridgehead atoms. The number of carbonyl (C=O) groups excluding carboxylic acids is 1. The van der Waals surface area contributed by atoms with Crippen molar-refractivity contribution in [2.24, 2.45) is 0 Å². The van der Waals surface area contributed by atoms with Crippen LogP contribution in [0.4, 0.5) is 11.5 Å². The Hall–Kier alpha value is -2.96. The third-order valence-electron chi connectivity index (χ3n) is 4.38. The highest BCUT2D eigenvalue weighted by atomic mass is 16.2. The fourth-order valence-electron chi connectivity index (χ4n) is 2.79. The highest BCUT2D eigenvalue weighted by Crippen LogP contribution is 2.23. The van der Waals surface area contributed by atoms with Crippen LogP contribution in [0.3, 0.4) is 0 Å². The summed E-state index contributed by atoms with van der Waals surface area (Å²) in [6, 6.07) is 17.5. The Kier molecular flexibility index (Phi) is 6.01. The molecule has 0 atom stereocenters. The SMILES string of the molecule is CCN(CC)NNC(=O)c1cc(Nc2ccc(C)cc2)nc2ccccc12. The summed E-state index contributed by atoms with van der Waals surface area (Å²) < 4.78 is 0. The van der Waals surface area contributed by atoms with Gasteiger partial charge in [-0.15, -0.1) is 0 Å². The van der Waals surface area contributed by atoms with E-state index in [2.05, 4.69) is 21.3 Å². The number of carbonyl (C=O) groups is 1. The predicted molar refractivity (Wildman–Crippen MR) is 110 cm³/mol. The molecule has 1 heterocycles. The molecule has 1 amide bonds. The largest absolute Gasteiger partial charge is 0.340 e. The lowest BCUT2D eigenvalue weighted by Gasteiger charge is -2.20. The van der Waals surface area contributed by atoms with Crippen LogP contribution in [0, 0.1) is 6.92 Å². The number of hydrogen-bond donors (Lipinski definition) is 3. The second-order valence-electron chi connectivity index (χ2n) is 6.30.